The van der Waals surface area contributed by atoms with Gasteiger partial charge in [0, 0.05) is 19.2 Å². The minimum Gasteiger partial charge on any atom is -0.379 e. The molecule has 0 aromatic heterocycles. The zero-order valence-electron chi connectivity index (χ0n) is 6.70. The molecule has 0 aliphatic heterocycles. The van der Waals surface area contributed by atoms with E-state index in [9.17, 15) is 13.2 Å². The predicted molar refractivity (Wildman–Crippen MR) is 47.1 cm³/mol. The van der Waals surface area contributed by atoms with Crippen LogP contribution in [0.4, 0.5) is 13.2 Å². The molecule has 13 heavy (non-hydrogen) atoms. The van der Waals surface area contributed by atoms with Crippen molar-refractivity contribution in [3.05, 3.63) is 35.1 Å². The summed E-state index contributed by atoms with van der Waals surface area (Å²) in [5, 5.41) is 2.41. The van der Waals surface area contributed by atoms with Gasteiger partial charge in [-0.25, -0.2) is 13.2 Å². The highest BCUT2D eigenvalue weighted by molar-refractivity contribution is 7.80. The van der Waals surface area contributed by atoms with Gasteiger partial charge >= 0.3 is 0 Å². The number of halogens is 3. The summed E-state index contributed by atoms with van der Waals surface area (Å²) in [4.78, 5) is -0.0880. The first-order chi connectivity index (χ1) is 6.06. The van der Waals surface area contributed by atoms with E-state index in [1.807, 2.05) is 0 Å². The predicted octanol–water partition coefficient (Wildman–Crippen LogP) is 2.00. The first-order valence-corrected chi connectivity index (χ1v) is 3.83. The Morgan fingerprint density at radius 1 is 1.23 bits per heavy atom. The van der Waals surface area contributed by atoms with Gasteiger partial charge in [-0.05, 0) is 0 Å². The lowest BCUT2D eigenvalue weighted by molar-refractivity contribution is 0.540. The molecule has 1 rings (SSSR count). The van der Waals surface area contributed by atoms with Crippen LogP contribution in [0.3, 0.4) is 0 Å². The van der Waals surface area contributed by atoms with Gasteiger partial charge in [0.1, 0.15) is 22.4 Å². The Labute approximate surface area is 78.6 Å². The molecule has 0 amide bonds. The molecule has 0 aliphatic carbocycles. The third kappa shape index (κ3) is 1.98. The van der Waals surface area contributed by atoms with Crippen LogP contribution in [0.5, 0.6) is 0 Å². The Morgan fingerprint density at radius 3 is 2.08 bits per heavy atom. The molecule has 1 nitrogen and oxygen atoms in total. The van der Waals surface area contributed by atoms with Crippen molar-refractivity contribution in [3.8, 4) is 0 Å². The van der Waals surface area contributed by atoms with E-state index in [0.29, 0.717) is 12.1 Å². The molecule has 0 fully saturated rings. The van der Waals surface area contributed by atoms with Crippen molar-refractivity contribution >= 4 is 17.2 Å². The van der Waals surface area contributed by atoms with Crippen molar-refractivity contribution in [1.82, 2.24) is 5.32 Å². The highest BCUT2D eigenvalue weighted by atomic mass is 32.1. The Morgan fingerprint density at radius 2 is 1.69 bits per heavy atom. The van der Waals surface area contributed by atoms with Crippen LogP contribution in [-0.2, 0) is 0 Å². The average molecular weight is 205 g/mol. The second-order valence-corrected chi connectivity index (χ2v) is 2.73. The van der Waals surface area contributed by atoms with E-state index in [0.717, 1.165) is 0 Å². The lowest BCUT2D eigenvalue weighted by atomic mass is 10.2. The molecule has 5 heteroatoms. The topological polar surface area (TPSA) is 12.0 Å². The minimum atomic E-state index is -1.00. The molecular formula is C8H6F3NS. The summed E-state index contributed by atoms with van der Waals surface area (Å²) in [5.74, 6) is -2.97. The average Bonchev–Trinajstić information content (AvgIpc) is 2.02. The fourth-order valence-electron chi connectivity index (χ4n) is 0.884. The van der Waals surface area contributed by atoms with Crippen LogP contribution in [0.15, 0.2) is 12.1 Å². The van der Waals surface area contributed by atoms with Gasteiger partial charge in [0.25, 0.3) is 0 Å². The van der Waals surface area contributed by atoms with Crippen LogP contribution in [0.25, 0.3) is 0 Å². The van der Waals surface area contributed by atoms with Gasteiger partial charge in [-0.3, -0.25) is 0 Å². The summed E-state index contributed by atoms with van der Waals surface area (Å²) in [5.41, 5.74) is -0.404. The highest BCUT2D eigenvalue weighted by Crippen LogP contribution is 2.14. The van der Waals surface area contributed by atoms with Gasteiger partial charge in [0.15, 0.2) is 0 Å². The number of hydrogen-bond donors (Lipinski definition) is 1. The van der Waals surface area contributed by atoms with Crippen LogP contribution >= 0.6 is 12.2 Å². The SMILES string of the molecule is CNC(=S)c1c(F)cc(F)cc1F. The standard InChI is InChI=1S/C8H6F3NS/c1-12-8(13)7-5(10)2-4(9)3-6(7)11/h2-3H,1H3,(H,12,13). The van der Waals surface area contributed by atoms with Crippen molar-refractivity contribution in [2.24, 2.45) is 0 Å². The van der Waals surface area contributed by atoms with Crippen LogP contribution in [0.2, 0.25) is 0 Å². The van der Waals surface area contributed by atoms with Gasteiger partial charge in [-0.1, -0.05) is 12.2 Å². The normalized spacial score (nSPS) is 9.85. The Bertz CT molecular complexity index is 328. The maximum Gasteiger partial charge on any atom is 0.139 e. The van der Waals surface area contributed by atoms with Crippen LogP contribution < -0.4 is 5.32 Å². The van der Waals surface area contributed by atoms with E-state index >= 15 is 0 Å². The molecule has 0 radical (unpaired) electrons. The lowest BCUT2D eigenvalue weighted by Crippen LogP contribution is -2.19. The molecule has 0 heterocycles. The Kier molecular flexibility index (Phi) is 2.87. The van der Waals surface area contributed by atoms with Crippen molar-refractivity contribution < 1.29 is 13.2 Å². The van der Waals surface area contributed by atoms with E-state index < -0.39 is 23.0 Å². The fourth-order valence-corrected chi connectivity index (χ4v) is 1.08. The molecule has 0 aliphatic rings. The molecule has 0 spiro atoms. The van der Waals surface area contributed by atoms with Gasteiger partial charge in [-0.15, -0.1) is 0 Å². The number of thiocarbonyl (C=S) groups is 1. The summed E-state index contributed by atoms with van der Waals surface area (Å²) in [6.45, 7) is 0. The maximum atomic E-state index is 12.9. The largest absolute Gasteiger partial charge is 0.379 e. The van der Waals surface area contributed by atoms with Crippen molar-refractivity contribution in [2.45, 2.75) is 0 Å². The summed E-state index contributed by atoms with van der Waals surface area (Å²) in [7, 11) is 1.44. The second kappa shape index (κ2) is 3.74. The summed E-state index contributed by atoms with van der Waals surface area (Å²) >= 11 is 4.63. The first kappa shape index (κ1) is 9.98. The smallest absolute Gasteiger partial charge is 0.139 e. The molecule has 0 unspecified atom stereocenters. The summed E-state index contributed by atoms with van der Waals surface area (Å²) in [6, 6.07) is 1.17. The van der Waals surface area contributed by atoms with Gasteiger partial charge < -0.3 is 5.32 Å². The zero-order valence-corrected chi connectivity index (χ0v) is 7.51. The van der Waals surface area contributed by atoms with E-state index in [-0.39, 0.29) is 4.99 Å². The highest BCUT2D eigenvalue weighted by Gasteiger charge is 2.14. The van der Waals surface area contributed by atoms with Crippen LogP contribution in [0, 0.1) is 17.5 Å². The van der Waals surface area contributed by atoms with E-state index in [1.165, 1.54) is 7.05 Å². The van der Waals surface area contributed by atoms with E-state index in [4.69, 9.17) is 0 Å². The zero-order chi connectivity index (χ0) is 10.0. The molecule has 0 saturated carbocycles. The fraction of sp³-hybridized carbons (Fsp3) is 0.125. The van der Waals surface area contributed by atoms with Crippen LogP contribution in [-0.4, -0.2) is 12.0 Å². The quantitative estimate of drug-likeness (QED) is 0.704. The molecule has 1 aromatic carbocycles. The first-order valence-electron chi connectivity index (χ1n) is 3.43. The Hall–Kier alpha value is -1.10. The number of benzene rings is 1. The van der Waals surface area contributed by atoms with Gasteiger partial charge in [0.05, 0.1) is 5.56 Å². The number of nitrogens with one attached hydrogen (secondary N) is 1. The summed E-state index contributed by atoms with van der Waals surface area (Å²) < 4.78 is 38.3. The molecule has 1 N–H and O–H groups in total. The molecule has 0 saturated heterocycles. The summed E-state index contributed by atoms with van der Waals surface area (Å²) in [6.07, 6.45) is 0. The third-order valence-corrected chi connectivity index (χ3v) is 1.87. The molecule has 0 bridgehead atoms. The monoisotopic (exact) mass is 205 g/mol. The molecule has 70 valence electrons. The lowest BCUT2D eigenvalue weighted by Gasteiger charge is -2.05. The third-order valence-electron chi connectivity index (χ3n) is 1.46. The minimum absolute atomic E-state index is 0.0880. The maximum absolute atomic E-state index is 12.9. The number of rotatable bonds is 1. The number of hydrogen-bond acceptors (Lipinski definition) is 1. The van der Waals surface area contributed by atoms with E-state index in [2.05, 4.69) is 17.5 Å². The van der Waals surface area contributed by atoms with Crippen molar-refractivity contribution in [2.75, 3.05) is 7.05 Å². The second-order valence-electron chi connectivity index (χ2n) is 2.32. The molecule has 0 atom stereocenters. The van der Waals surface area contributed by atoms with E-state index in [1.54, 1.807) is 0 Å². The van der Waals surface area contributed by atoms with Crippen LogP contribution in [0.1, 0.15) is 5.56 Å². The van der Waals surface area contributed by atoms with Crippen molar-refractivity contribution in [1.29, 1.82) is 0 Å². The Balaban J connectivity index is 3.28. The van der Waals surface area contributed by atoms with Gasteiger partial charge in [-0.2, -0.15) is 0 Å². The van der Waals surface area contributed by atoms with Crippen molar-refractivity contribution in [3.63, 3.8) is 0 Å². The molecule has 1 aromatic rings. The van der Waals surface area contributed by atoms with Gasteiger partial charge in [0.2, 0.25) is 0 Å². The molecular weight excluding hydrogens is 199 g/mol.